The van der Waals surface area contributed by atoms with E-state index in [4.69, 9.17) is 4.74 Å². The number of hydrogen-bond donors (Lipinski definition) is 1. The SMILES string of the molecule is Cc1cc(C)cc(OCCNC(=O)[C@H]2CCCN(S(=O)(=O)c3cccs3)C2)c1. The second-order valence-corrected chi connectivity index (χ2v) is 10.2. The third kappa shape index (κ3) is 5.12. The maximum atomic E-state index is 12.7. The topological polar surface area (TPSA) is 75.7 Å². The van der Waals surface area contributed by atoms with Crippen LogP contribution in [0.1, 0.15) is 24.0 Å². The molecule has 0 bridgehead atoms. The van der Waals surface area contributed by atoms with Gasteiger partial charge in [-0.1, -0.05) is 12.1 Å². The van der Waals surface area contributed by atoms with Crippen LogP contribution in [0.3, 0.4) is 0 Å². The van der Waals surface area contributed by atoms with E-state index in [-0.39, 0.29) is 18.4 Å². The molecule has 152 valence electrons. The summed E-state index contributed by atoms with van der Waals surface area (Å²) >= 11 is 1.20. The van der Waals surface area contributed by atoms with Crippen molar-refractivity contribution < 1.29 is 17.9 Å². The number of sulfonamides is 1. The van der Waals surface area contributed by atoms with Crippen LogP contribution in [0.25, 0.3) is 0 Å². The first-order valence-corrected chi connectivity index (χ1v) is 11.7. The number of nitrogens with zero attached hydrogens (tertiary/aromatic N) is 1. The number of amides is 1. The zero-order valence-electron chi connectivity index (χ0n) is 16.2. The Hall–Kier alpha value is -1.90. The minimum Gasteiger partial charge on any atom is -0.492 e. The summed E-state index contributed by atoms with van der Waals surface area (Å²) in [6, 6.07) is 9.33. The molecule has 1 atom stereocenters. The van der Waals surface area contributed by atoms with E-state index < -0.39 is 10.0 Å². The Balaban J connectivity index is 1.49. The van der Waals surface area contributed by atoms with Gasteiger partial charge in [0.25, 0.3) is 10.0 Å². The van der Waals surface area contributed by atoms with E-state index in [9.17, 15) is 13.2 Å². The Morgan fingerprint density at radius 3 is 2.71 bits per heavy atom. The number of benzene rings is 1. The Morgan fingerprint density at radius 2 is 2.04 bits per heavy atom. The summed E-state index contributed by atoms with van der Waals surface area (Å²) < 4.78 is 32.8. The average molecular weight is 423 g/mol. The van der Waals surface area contributed by atoms with Crippen molar-refractivity contribution in [1.82, 2.24) is 9.62 Å². The standard InChI is InChI=1S/C20H26N2O4S2/c1-15-11-16(2)13-18(12-15)26-9-7-21-20(23)17-5-3-8-22(14-17)28(24,25)19-6-4-10-27-19/h4,6,10-13,17H,3,5,7-9,14H2,1-2H3,(H,21,23)/t17-/m0/s1. The lowest BCUT2D eigenvalue weighted by atomic mass is 9.99. The van der Waals surface area contributed by atoms with Crippen molar-refractivity contribution in [2.24, 2.45) is 5.92 Å². The second-order valence-electron chi connectivity index (χ2n) is 7.10. The predicted octanol–water partition coefficient (Wildman–Crippen LogP) is 2.96. The van der Waals surface area contributed by atoms with Gasteiger partial charge in [-0.15, -0.1) is 11.3 Å². The number of hydrogen-bond acceptors (Lipinski definition) is 5. The second kappa shape index (κ2) is 9.07. The molecule has 6 nitrogen and oxygen atoms in total. The third-order valence-corrected chi connectivity index (χ3v) is 7.95. The summed E-state index contributed by atoms with van der Waals surface area (Å²) in [4.78, 5) is 12.5. The summed E-state index contributed by atoms with van der Waals surface area (Å²) in [7, 11) is -3.51. The van der Waals surface area contributed by atoms with Gasteiger partial charge >= 0.3 is 0 Å². The fourth-order valence-electron chi connectivity index (χ4n) is 3.42. The average Bonchev–Trinajstić information content (AvgIpc) is 3.20. The highest BCUT2D eigenvalue weighted by molar-refractivity contribution is 7.91. The molecule has 1 aliphatic heterocycles. The molecule has 0 spiro atoms. The number of thiophene rings is 1. The van der Waals surface area contributed by atoms with E-state index in [2.05, 4.69) is 11.4 Å². The van der Waals surface area contributed by atoms with Crippen LogP contribution in [0.2, 0.25) is 0 Å². The zero-order chi connectivity index (χ0) is 20.1. The molecule has 0 unspecified atom stereocenters. The van der Waals surface area contributed by atoms with E-state index in [1.165, 1.54) is 15.6 Å². The number of nitrogens with one attached hydrogen (secondary N) is 1. The van der Waals surface area contributed by atoms with E-state index in [0.29, 0.717) is 36.7 Å². The molecule has 3 rings (SSSR count). The highest BCUT2D eigenvalue weighted by Crippen LogP contribution is 2.26. The van der Waals surface area contributed by atoms with Crippen molar-refractivity contribution in [2.75, 3.05) is 26.2 Å². The van der Waals surface area contributed by atoms with Crippen molar-refractivity contribution in [3.05, 3.63) is 46.8 Å². The molecule has 0 radical (unpaired) electrons. The number of piperidine rings is 1. The van der Waals surface area contributed by atoms with Crippen molar-refractivity contribution in [3.8, 4) is 5.75 Å². The van der Waals surface area contributed by atoms with Crippen LogP contribution < -0.4 is 10.1 Å². The van der Waals surface area contributed by atoms with Gasteiger partial charge in [0.05, 0.1) is 12.5 Å². The van der Waals surface area contributed by atoms with E-state index in [1.54, 1.807) is 17.5 Å². The van der Waals surface area contributed by atoms with Gasteiger partial charge in [0.2, 0.25) is 5.91 Å². The van der Waals surface area contributed by atoms with E-state index in [0.717, 1.165) is 16.9 Å². The summed E-state index contributed by atoms with van der Waals surface area (Å²) in [6.07, 6.45) is 1.38. The van der Waals surface area contributed by atoms with E-state index >= 15 is 0 Å². The van der Waals surface area contributed by atoms with Crippen LogP contribution in [-0.4, -0.2) is 44.9 Å². The first-order chi connectivity index (χ1) is 13.4. The Morgan fingerprint density at radius 1 is 1.29 bits per heavy atom. The molecule has 1 amide bonds. The molecule has 2 heterocycles. The molecule has 1 saturated heterocycles. The van der Waals surface area contributed by atoms with Crippen LogP contribution in [0.5, 0.6) is 5.75 Å². The lowest BCUT2D eigenvalue weighted by molar-refractivity contribution is -0.126. The van der Waals surface area contributed by atoms with Gasteiger partial charge in [-0.3, -0.25) is 4.79 Å². The Bertz CT molecular complexity index is 890. The van der Waals surface area contributed by atoms with Crippen LogP contribution in [0.15, 0.2) is 39.9 Å². The van der Waals surface area contributed by atoms with Crippen molar-refractivity contribution in [1.29, 1.82) is 0 Å². The zero-order valence-corrected chi connectivity index (χ0v) is 17.8. The smallest absolute Gasteiger partial charge is 0.252 e. The molecule has 1 N–H and O–H groups in total. The minimum absolute atomic E-state index is 0.116. The fraction of sp³-hybridized carbons (Fsp3) is 0.450. The molecule has 0 aliphatic carbocycles. The number of aryl methyl sites for hydroxylation is 2. The molecule has 1 fully saturated rings. The molecule has 0 saturated carbocycles. The maximum Gasteiger partial charge on any atom is 0.252 e. The maximum absolute atomic E-state index is 12.7. The highest BCUT2D eigenvalue weighted by atomic mass is 32.2. The lowest BCUT2D eigenvalue weighted by Gasteiger charge is -2.30. The van der Waals surface area contributed by atoms with Crippen molar-refractivity contribution in [2.45, 2.75) is 30.9 Å². The van der Waals surface area contributed by atoms with Crippen molar-refractivity contribution in [3.63, 3.8) is 0 Å². The van der Waals surface area contributed by atoms with Gasteiger partial charge in [0.1, 0.15) is 16.6 Å². The molecular formula is C20H26N2O4S2. The monoisotopic (exact) mass is 422 g/mol. The summed E-state index contributed by atoms with van der Waals surface area (Å²) in [5.74, 6) is 0.345. The third-order valence-electron chi connectivity index (χ3n) is 4.71. The molecular weight excluding hydrogens is 396 g/mol. The van der Waals surface area contributed by atoms with Gasteiger partial charge < -0.3 is 10.1 Å². The highest BCUT2D eigenvalue weighted by Gasteiger charge is 2.33. The molecule has 28 heavy (non-hydrogen) atoms. The lowest BCUT2D eigenvalue weighted by Crippen LogP contribution is -2.45. The van der Waals surface area contributed by atoms with Gasteiger partial charge in [-0.05, 0) is 61.4 Å². The predicted molar refractivity (Wildman–Crippen MR) is 110 cm³/mol. The molecule has 8 heteroatoms. The van der Waals surface area contributed by atoms with Crippen LogP contribution >= 0.6 is 11.3 Å². The van der Waals surface area contributed by atoms with Gasteiger partial charge in [-0.25, -0.2) is 8.42 Å². The summed E-state index contributed by atoms with van der Waals surface area (Å²) in [5.41, 5.74) is 2.27. The molecule has 2 aromatic rings. The summed E-state index contributed by atoms with van der Waals surface area (Å²) in [5, 5.41) is 4.62. The number of rotatable bonds is 7. The Labute approximate surface area is 170 Å². The quantitative estimate of drug-likeness (QED) is 0.696. The van der Waals surface area contributed by atoms with Gasteiger partial charge in [0.15, 0.2) is 0 Å². The van der Waals surface area contributed by atoms with Crippen LogP contribution in [0, 0.1) is 19.8 Å². The Kier molecular flexibility index (Phi) is 6.74. The molecule has 1 aromatic heterocycles. The first kappa shape index (κ1) is 20.8. The van der Waals surface area contributed by atoms with Crippen LogP contribution in [-0.2, 0) is 14.8 Å². The number of carbonyl (C=O) groups excluding carboxylic acids is 1. The molecule has 1 aliphatic rings. The van der Waals surface area contributed by atoms with Crippen molar-refractivity contribution >= 4 is 27.3 Å². The first-order valence-electron chi connectivity index (χ1n) is 9.39. The largest absolute Gasteiger partial charge is 0.492 e. The summed E-state index contributed by atoms with van der Waals surface area (Å²) in [6.45, 7) is 5.48. The normalized spacial score (nSPS) is 18.0. The van der Waals surface area contributed by atoms with Gasteiger partial charge in [0, 0.05) is 13.1 Å². The van der Waals surface area contributed by atoms with Crippen LogP contribution in [0.4, 0.5) is 0 Å². The molecule has 1 aromatic carbocycles. The minimum atomic E-state index is -3.51. The number of ether oxygens (including phenoxy) is 1. The van der Waals surface area contributed by atoms with Gasteiger partial charge in [-0.2, -0.15) is 4.31 Å². The number of carbonyl (C=O) groups is 1. The van der Waals surface area contributed by atoms with E-state index in [1.807, 2.05) is 26.0 Å². The fourth-order valence-corrected chi connectivity index (χ4v) is 6.08.